The smallest absolute Gasteiger partial charge is 0.00823 e. The van der Waals surface area contributed by atoms with E-state index >= 15 is 0 Å². The molecule has 0 aromatic carbocycles. The van der Waals surface area contributed by atoms with Gasteiger partial charge in [-0.2, -0.15) is 0 Å². The molecule has 1 aromatic heterocycles. The summed E-state index contributed by atoms with van der Waals surface area (Å²) in [6, 6.07) is 4.66. The zero-order valence-electron chi connectivity index (χ0n) is 13.1. The molecule has 1 saturated carbocycles. The summed E-state index contributed by atoms with van der Waals surface area (Å²) in [5.74, 6) is 2.46. The Labute approximate surface area is 122 Å². The minimum atomic E-state index is 0.454. The van der Waals surface area contributed by atoms with E-state index in [1.807, 2.05) is 11.3 Å². The Kier molecular flexibility index (Phi) is 4.73. The normalized spacial score (nSPS) is 28.6. The van der Waals surface area contributed by atoms with Crippen molar-refractivity contribution in [2.24, 2.45) is 17.3 Å². The third-order valence-corrected chi connectivity index (χ3v) is 5.94. The predicted molar refractivity (Wildman–Crippen MR) is 86.0 cm³/mol. The second-order valence-corrected chi connectivity index (χ2v) is 8.57. The molecule has 0 amide bonds. The lowest BCUT2D eigenvalue weighted by molar-refractivity contribution is 0.131. The minimum Gasteiger partial charge on any atom is -0.319 e. The third-order valence-electron chi connectivity index (χ3n) is 4.81. The minimum absolute atomic E-state index is 0.454. The number of thiophene rings is 1. The van der Waals surface area contributed by atoms with Crippen molar-refractivity contribution in [1.29, 1.82) is 0 Å². The van der Waals surface area contributed by atoms with Crippen LogP contribution in [0.3, 0.4) is 0 Å². The maximum Gasteiger partial charge on any atom is 0.00823 e. The SMILES string of the molecule is CNCC1CCC(C(C)(C)C)CC1c1ccc(C)s1. The van der Waals surface area contributed by atoms with E-state index in [9.17, 15) is 0 Å². The Bertz CT molecular complexity index is 402. The summed E-state index contributed by atoms with van der Waals surface area (Å²) in [5, 5.41) is 3.40. The second kappa shape index (κ2) is 5.97. The van der Waals surface area contributed by atoms with Crippen LogP contribution in [0.15, 0.2) is 12.1 Å². The number of hydrogen-bond donors (Lipinski definition) is 1. The van der Waals surface area contributed by atoms with Gasteiger partial charge in [-0.3, -0.25) is 0 Å². The van der Waals surface area contributed by atoms with Crippen molar-refractivity contribution in [3.8, 4) is 0 Å². The van der Waals surface area contributed by atoms with Gasteiger partial charge in [0.05, 0.1) is 0 Å². The van der Waals surface area contributed by atoms with Crippen LogP contribution in [0.4, 0.5) is 0 Å². The molecule has 3 atom stereocenters. The molecule has 0 saturated heterocycles. The van der Waals surface area contributed by atoms with Crippen molar-refractivity contribution < 1.29 is 0 Å². The van der Waals surface area contributed by atoms with Gasteiger partial charge in [-0.15, -0.1) is 11.3 Å². The topological polar surface area (TPSA) is 12.0 Å². The van der Waals surface area contributed by atoms with E-state index in [2.05, 4.69) is 52.2 Å². The van der Waals surface area contributed by atoms with Gasteiger partial charge in [-0.25, -0.2) is 0 Å². The van der Waals surface area contributed by atoms with E-state index < -0.39 is 0 Å². The molecule has 1 aliphatic carbocycles. The lowest BCUT2D eigenvalue weighted by Crippen LogP contribution is -2.34. The first-order valence-electron chi connectivity index (χ1n) is 7.62. The highest BCUT2D eigenvalue weighted by molar-refractivity contribution is 7.12. The summed E-state index contributed by atoms with van der Waals surface area (Å²) in [5.41, 5.74) is 0.454. The first kappa shape index (κ1) is 15.1. The largest absolute Gasteiger partial charge is 0.319 e. The molecular formula is C17H29NS. The molecule has 0 spiro atoms. The molecule has 2 rings (SSSR count). The lowest BCUT2D eigenvalue weighted by Gasteiger charge is -2.41. The lowest BCUT2D eigenvalue weighted by atomic mass is 9.65. The van der Waals surface area contributed by atoms with Crippen molar-refractivity contribution in [2.75, 3.05) is 13.6 Å². The average Bonchev–Trinajstić information content (AvgIpc) is 2.75. The Morgan fingerprint density at radius 3 is 2.53 bits per heavy atom. The van der Waals surface area contributed by atoms with Crippen molar-refractivity contribution >= 4 is 11.3 Å². The van der Waals surface area contributed by atoms with E-state index in [1.165, 1.54) is 30.7 Å². The quantitative estimate of drug-likeness (QED) is 0.836. The van der Waals surface area contributed by atoms with Gasteiger partial charge in [0.2, 0.25) is 0 Å². The molecule has 0 radical (unpaired) electrons. The number of hydrogen-bond acceptors (Lipinski definition) is 2. The molecule has 1 nitrogen and oxygen atoms in total. The summed E-state index contributed by atoms with van der Waals surface area (Å²) < 4.78 is 0. The molecule has 1 fully saturated rings. The zero-order valence-corrected chi connectivity index (χ0v) is 13.9. The monoisotopic (exact) mass is 279 g/mol. The Morgan fingerprint density at radius 1 is 1.26 bits per heavy atom. The molecule has 0 aliphatic heterocycles. The number of rotatable bonds is 3. The molecule has 1 N–H and O–H groups in total. The first-order valence-corrected chi connectivity index (χ1v) is 8.44. The maximum absolute atomic E-state index is 3.40. The highest BCUT2D eigenvalue weighted by Gasteiger charge is 2.36. The van der Waals surface area contributed by atoms with Crippen LogP contribution >= 0.6 is 11.3 Å². The molecule has 0 bridgehead atoms. The summed E-state index contributed by atoms with van der Waals surface area (Å²) in [7, 11) is 2.09. The van der Waals surface area contributed by atoms with Crippen LogP contribution in [0.5, 0.6) is 0 Å². The molecule has 19 heavy (non-hydrogen) atoms. The van der Waals surface area contributed by atoms with E-state index in [-0.39, 0.29) is 0 Å². The molecular weight excluding hydrogens is 250 g/mol. The van der Waals surface area contributed by atoms with Crippen LogP contribution in [-0.4, -0.2) is 13.6 Å². The van der Waals surface area contributed by atoms with Gasteiger partial charge in [-0.05, 0) is 75.1 Å². The fraction of sp³-hybridized carbons (Fsp3) is 0.765. The van der Waals surface area contributed by atoms with Gasteiger partial charge in [0.1, 0.15) is 0 Å². The van der Waals surface area contributed by atoms with Crippen molar-refractivity contribution in [3.05, 3.63) is 21.9 Å². The number of nitrogens with one attached hydrogen (secondary N) is 1. The van der Waals surface area contributed by atoms with Crippen molar-refractivity contribution in [3.63, 3.8) is 0 Å². The summed E-state index contributed by atoms with van der Waals surface area (Å²) in [4.78, 5) is 3.07. The predicted octanol–water partition coefficient (Wildman–Crippen LogP) is 4.82. The van der Waals surface area contributed by atoms with Gasteiger partial charge in [0, 0.05) is 9.75 Å². The second-order valence-electron chi connectivity index (χ2n) is 7.25. The maximum atomic E-state index is 3.40. The van der Waals surface area contributed by atoms with Crippen molar-refractivity contribution in [1.82, 2.24) is 5.32 Å². The third kappa shape index (κ3) is 3.61. The van der Waals surface area contributed by atoms with E-state index in [4.69, 9.17) is 0 Å². The molecule has 3 unspecified atom stereocenters. The molecule has 2 heteroatoms. The zero-order chi connectivity index (χ0) is 14.0. The van der Waals surface area contributed by atoms with Gasteiger partial charge in [0.25, 0.3) is 0 Å². The van der Waals surface area contributed by atoms with E-state index in [0.29, 0.717) is 5.41 Å². The van der Waals surface area contributed by atoms with Gasteiger partial charge < -0.3 is 5.32 Å². The van der Waals surface area contributed by atoms with E-state index in [1.54, 1.807) is 4.88 Å². The fourth-order valence-electron chi connectivity index (χ4n) is 3.53. The fourth-order valence-corrected chi connectivity index (χ4v) is 4.61. The first-order chi connectivity index (χ1) is 8.91. The van der Waals surface area contributed by atoms with Crippen LogP contribution in [0.1, 0.15) is 55.7 Å². The van der Waals surface area contributed by atoms with Crippen LogP contribution in [0.2, 0.25) is 0 Å². The van der Waals surface area contributed by atoms with Crippen LogP contribution in [0, 0.1) is 24.2 Å². The summed E-state index contributed by atoms with van der Waals surface area (Å²) >= 11 is 2.01. The Balaban J connectivity index is 2.17. The highest BCUT2D eigenvalue weighted by Crippen LogP contribution is 2.47. The Hall–Kier alpha value is -0.340. The van der Waals surface area contributed by atoms with Gasteiger partial charge in [0.15, 0.2) is 0 Å². The van der Waals surface area contributed by atoms with Crippen LogP contribution in [0.25, 0.3) is 0 Å². The molecule has 1 aromatic rings. The van der Waals surface area contributed by atoms with Crippen LogP contribution < -0.4 is 5.32 Å². The molecule has 108 valence electrons. The number of aryl methyl sites for hydroxylation is 1. The molecule has 1 aliphatic rings. The Morgan fingerprint density at radius 2 is 2.00 bits per heavy atom. The van der Waals surface area contributed by atoms with Crippen LogP contribution in [-0.2, 0) is 0 Å². The standard InChI is InChI=1S/C17H29NS/c1-12-6-9-16(19-12)15-10-14(17(2,3)4)8-7-13(15)11-18-5/h6,9,13-15,18H,7-8,10-11H2,1-5H3. The average molecular weight is 279 g/mol. The summed E-state index contributed by atoms with van der Waals surface area (Å²) in [6.45, 7) is 10.6. The van der Waals surface area contributed by atoms with Crippen molar-refractivity contribution in [2.45, 2.75) is 52.9 Å². The van der Waals surface area contributed by atoms with Gasteiger partial charge >= 0.3 is 0 Å². The van der Waals surface area contributed by atoms with Gasteiger partial charge in [-0.1, -0.05) is 20.8 Å². The summed E-state index contributed by atoms with van der Waals surface area (Å²) in [6.07, 6.45) is 4.15. The van der Waals surface area contributed by atoms with E-state index in [0.717, 1.165) is 17.8 Å². The molecule has 1 heterocycles. The highest BCUT2D eigenvalue weighted by atomic mass is 32.1.